The predicted molar refractivity (Wildman–Crippen MR) is 325 cm³/mol. The lowest BCUT2D eigenvalue weighted by Gasteiger charge is -2.49. The van der Waals surface area contributed by atoms with E-state index in [1.165, 1.54) is 61.3 Å². The third kappa shape index (κ3) is 24.2. The molecule has 10 atom stereocenters. The van der Waals surface area contributed by atoms with Crippen molar-refractivity contribution in [3.63, 3.8) is 0 Å². The maximum Gasteiger partial charge on any atom is 0.511 e. The molecule has 2 saturated carbocycles. The second-order valence-corrected chi connectivity index (χ2v) is 26.9. The standard InChI is InChI=1S/C31H41NO6.C23H35NO4.C7H13ClO3.C3H4Cl2O2/c1-21(37-29(34)38-30(2,3)4)36-25-16-15-23-18-24-14-10-7-11-17-31(5,26(23)19-25)27(24)32-28(33)35-20-22-12-8-6-9-13-22;1-15(27-21(25)28-22(2,3)4)26-18-11-10-16-13-17-9-7-6-8-12-23(5,20(17)24)19(16)14-18;1-5(8)10-6(9)11-7(2,3)4;1-2(4)7-3(5)6/h6,8-9,12-13,15-16,19,21,24,27H,7,10-11,14,17-18,20H2,1-5H3,(H,32,33);10-11,14-15,17,20H,6-9,12-13,24H2,1-5H3;5H,1-4H3;2H,1H3/t21?,24-,27-,31+;15?,17-,20-,23+;;/m00../s1. The number of alkyl carbamates (subject to hydrolysis) is 1. The van der Waals surface area contributed by atoms with Crippen LogP contribution in [-0.4, -0.2) is 82.6 Å². The zero-order chi connectivity index (χ0) is 62.8. The minimum absolute atomic E-state index is 0.0344. The number of amides is 1. The fraction of sp³-hybridized carbons (Fsp3) is 0.641. The number of rotatable bonds is 11. The Morgan fingerprint density at radius 2 is 1.01 bits per heavy atom. The van der Waals surface area contributed by atoms with Crippen molar-refractivity contribution >= 4 is 64.8 Å². The van der Waals surface area contributed by atoms with Gasteiger partial charge in [-0.1, -0.05) is 118 Å². The molecule has 17 nitrogen and oxygen atoms in total. The quantitative estimate of drug-likeness (QED) is 0.0600. The van der Waals surface area contributed by atoms with Crippen LogP contribution in [0.25, 0.3) is 0 Å². The monoisotopic (exact) mass is 1230 g/mol. The number of carbonyl (C=O) groups excluding carboxylic acids is 5. The van der Waals surface area contributed by atoms with Gasteiger partial charge in [0.05, 0.1) is 0 Å². The third-order valence-corrected chi connectivity index (χ3v) is 14.9. The number of benzene rings is 3. The molecule has 4 aliphatic rings. The first-order valence-corrected chi connectivity index (χ1v) is 30.5. The van der Waals surface area contributed by atoms with E-state index in [0.29, 0.717) is 23.3 Å². The average molecular weight is 1240 g/mol. The van der Waals surface area contributed by atoms with Crippen molar-refractivity contribution < 1.29 is 71.3 Å². The molecule has 3 aromatic carbocycles. The highest BCUT2D eigenvalue weighted by Crippen LogP contribution is 2.49. The van der Waals surface area contributed by atoms with E-state index in [1.807, 2.05) is 48.5 Å². The SMILES string of the molecule is CC(Cl)OC(=O)Cl.CC(Cl)OC(=O)OC(C)(C)C.CC(OC(=O)OC(C)(C)C)Oc1ccc2c(c1)[C@@]1(C)CCCCC[C@@H](C2)[C@@H]1N.CC(OC(=O)OC(C)(C)C)Oc1ccc2c(c1)[C@@]1(C)CCCCC[C@@H](C2)[C@@H]1NC(=O)OCc1ccccc1. The van der Waals surface area contributed by atoms with Crippen LogP contribution in [0.5, 0.6) is 11.5 Å². The summed E-state index contributed by atoms with van der Waals surface area (Å²) < 4.78 is 51.9. The van der Waals surface area contributed by atoms with Gasteiger partial charge in [-0.15, -0.1) is 0 Å². The van der Waals surface area contributed by atoms with Crippen LogP contribution in [0.1, 0.15) is 196 Å². The van der Waals surface area contributed by atoms with Crippen LogP contribution < -0.4 is 20.5 Å². The summed E-state index contributed by atoms with van der Waals surface area (Å²) in [6, 6.07) is 22.1. The first kappa shape index (κ1) is 71.1. The zero-order valence-corrected chi connectivity index (χ0v) is 54.3. The molecular weight excluding hydrogens is 1140 g/mol. The lowest BCUT2D eigenvalue weighted by Crippen LogP contribution is -2.57. The number of nitrogens with one attached hydrogen (secondary N) is 1. The topological polar surface area (TPSA) is 216 Å². The van der Waals surface area contributed by atoms with Crippen LogP contribution in [0.15, 0.2) is 66.7 Å². The number of ether oxygens (including phenoxy) is 10. The molecule has 470 valence electrons. The highest BCUT2D eigenvalue weighted by atomic mass is 35.5. The molecule has 0 spiro atoms. The number of nitrogens with two attached hydrogens (primary N) is 1. The third-order valence-electron chi connectivity index (χ3n) is 14.6. The number of hydrogen-bond acceptors (Lipinski definition) is 16. The van der Waals surface area contributed by atoms with Gasteiger partial charge in [0.2, 0.25) is 12.6 Å². The molecule has 2 fully saturated rings. The number of halogens is 3. The van der Waals surface area contributed by atoms with Crippen molar-refractivity contribution in [3.8, 4) is 11.5 Å². The van der Waals surface area contributed by atoms with Crippen molar-refractivity contribution in [2.45, 2.75) is 251 Å². The molecule has 0 saturated heterocycles. The summed E-state index contributed by atoms with van der Waals surface area (Å²) in [5.41, 5.74) is 8.60. The van der Waals surface area contributed by atoms with Crippen molar-refractivity contribution in [3.05, 3.63) is 94.5 Å². The molecule has 0 aromatic heterocycles. The van der Waals surface area contributed by atoms with E-state index >= 15 is 0 Å². The fourth-order valence-corrected chi connectivity index (χ4v) is 11.5. The van der Waals surface area contributed by atoms with Crippen molar-refractivity contribution in [2.24, 2.45) is 17.6 Å². The second kappa shape index (κ2) is 31.9. The van der Waals surface area contributed by atoms with Crippen molar-refractivity contribution in [1.29, 1.82) is 0 Å². The Kier molecular flexibility index (Phi) is 27.0. The molecule has 20 heteroatoms. The van der Waals surface area contributed by atoms with E-state index < -0.39 is 64.4 Å². The highest BCUT2D eigenvalue weighted by Gasteiger charge is 2.47. The van der Waals surface area contributed by atoms with Gasteiger partial charge >= 0.3 is 30.0 Å². The van der Waals surface area contributed by atoms with Gasteiger partial charge < -0.3 is 58.4 Å². The van der Waals surface area contributed by atoms with Gasteiger partial charge in [-0.3, -0.25) is 0 Å². The summed E-state index contributed by atoms with van der Waals surface area (Å²) in [7, 11) is 0. The molecule has 7 rings (SSSR count). The van der Waals surface area contributed by atoms with Gasteiger partial charge in [-0.25, -0.2) is 24.0 Å². The second-order valence-electron chi connectivity index (χ2n) is 25.4. The molecular formula is C64H93Cl3N2O15. The van der Waals surface area contributed by atoms with Gasteiger partial charge in [0.1, 0.15) is 34.9 Å². The molecule has 0 heterocycles. The van der Waals surface area contributed by atoms with E-state index in [9.17, 15) is 24.0 Å². The molecule has 84 heavy (non-hydrogen) atoms. The van der Waals surface area contributed by atoms with Crippen LogP contribution in [0, 0.1) is 11.8 Å². The van der Waals surface area contributed by atoms with Crippen LogP contribution >= 0.6 is 34.8 Å². The summed E-state index contributed by atoms with van der Waals surface area (Å²) >= 11 is 15.3. The zero-order valence-electron chi connectivity index (χ0n) is 52.0. The fourth-order valence-electron chi connectivity index (χ4n) is 11.1. The van der Waals surface area contributed by atoms with Gasteiger partial charge in [0.15, 0.2) is 11.1 Å². The molecule has 3 aromatic rings. The van der Waals surface area contributed by atoms with Crippen molar-refractivity contribution in [2.75, 3.05) is 0 Å². The van der Waals surface area contributed by atoms with E-state index in [4.69, 9.17) is 78.4 Å². The minimum Gasteiger partial charge on any atom is -0.455 e. The Morgan fingerprint density at radius 3 is 1.45 bits per heavy atom. The summed E-state index contributed by atoms with van der Waals surface area (Å²) in [6.45, 7) is 27.2. The largest absolute Gasteiger partial charge is 0.511 e. The maximum absolute atomic E-state index is 13.0. The van der Waals surface area contributed by atoms with Crippen LogP contribution in [0.4, 0.5) is 24.0 Å². The summed E-state index contributed by atoms with van der Waals surface area (Å²) in [6.07, 6.45) is 9.31. The summed E-state index contributed by atoms with van der Waals surface area (Å²) in [4.78, 5) is 57.3. The first-order valence-electron chi connectivity index (χ1n) is 29.2. The Balaban J connectivity index is 0.000000286. The summed E-state index contributed by atoms with van der Waals surface area (Å²) in [5, 5.41) is 3.26. The lowest BCUT2D eigenvalue weighted by atomic mass is 9.59. The van der Waals surface area contributed by atoms with Gasteiger partial charge in [0.25, 0.3) is 0 Å². The molecule has 0 aliphatic heterocycles. The molecule has 1 amide bonds. The normalized spacial score (nSPS) is 23.0. The predicted octanol–water partition coefficient (Wildman–Crippen LogP) is 16.6. The molecule has 3 N–H and O–H groups in total. The molecule has 4 aliphatic carbocycles. The maximum atomic E-state index is 13.0. The lowest BCUT2D eigenvalue weighted by molar-refractivity contribution is -0.0785. The Bertz CT molecular complexity index is 2600. The van der Waals surface area contributed by atoms with Crippen molar-refractivity contribution in [1.82, 2.24) is 5.32 Å². The highest BCUT2D eigenvalue weighted by molar-refractivity contribution is 6.61. The van der Waals surface area contributed by atoms with Gasteiger partial charge in [-0.05, 0) is 179 Å². The Morgan fingerprint density at radius 1 is 0.583 bits per heavy atom. The van der Waals surface area contributed by atoms with E-state index in [2.05, 4.69) is 46.8 Å². The molecule has 4 bridgehead atoms. The molecule has 0 radical (unpaired) electrons. The van der Waals surface area contributed by atoms with E-state index in [0.717, 1.165) is 50.5 Å². The molecule has 4 unspecified atom stereocenters. The van der Waals surface area contributed by atoms with E-state index in [1.54, 1.807) is 83.1 Å². The smallest absolute Gasteiger partial charge is 0.455 e. The number of hydrogen-bond donors (Lipinski definition) is 2. The van der Waals surface area contributed by atoms with E-state index in [-0.39, 0.29) is 35.6 Å². The average Bonchev–Trinajstić information content (AvgIpc) is 0.847. The summed E-state index contributed by atoms with van der Waals surface area (Å²) in [5.74, 6) is 2.20. The van der Waals surface area contributed by atoms with Crippen LogP contribution in [0.2, 0.25) is 0 Å². The number of fused-ring (bicyclic) bond motifs is 8. The Labute approximate surface area is 513 Å². The first-order chi connectivity index (χ1) is 39.1. The number of carbonyl (C=O) groups is 5. The van der Waals surface area contributed by atoms with Crippen LogP contribution in [-0.2, 0) is 68.2 Å². The van der Waals surface area contributed by atoms with Gasteiger partial charge in [0, 0.05) is 48.4 Å². The number of alkyl halides is 2. The van der Waals surface area contributed by atoms with Crippen LogP contribution in [0.3, 0.4) is 0 Å². The van der Waals surface area contributed by atoms with Gasteiger partial charge in [-0.2, -0.15) is 0 Å². The Hall–Kier alpha value is -5.36. The minimum atomic E-state index is -0.873.